The van der Waals surface area contributed by atoms with Gasteiger partial charge in [0.1, 0.15) is 5.75 Å². The molecule has 0 saturated carbocycles. The third-order valence-corrected chi connectivity index (χ3v) is 7.30. The molecule has 1 fully saturated rings. The fourth-order valence-electron chi connectivity index (χ4n) is 4.85. The highest BCUT2D eigenvalue weighted by molar-refractivity contribution is 9.10. The highest BCUT2D eigenvalue weighted by Gasteiger charge is 2.42. The smallest absolute Gasteiger partial charge is 0.341 e. The van der Waals surface area contributed by atoms with Gasteiger partial charge in [0.15, 0.2) is 6.61 Å². The van der Waals surface area contributed by atoms with Gasteiger partial charge in [-0.1, -0.05) is 66.2 Å². The molecule has 3 aromatic rings. The van der Waals surface area contributed by atoms with Gasteiger partial charge < -0.3 is 14.6 Å². The van der Waals surface area contributed by atoms with Gasteiger partial charge in [-0.05, 0) is 77.2 Å². The number of carboxylic acids is 1. The van der Waals surface area contributed by atoms with E-state index in [1.54, 1.807) is 0 Å². The number of carboxylic acid groups (broad SMARTS) is 1. The topological polar surface area (TPSA) is 55.8 Å². The van der Waals surface area contributed by atoms with Crippen LogP contribution in [0.4, 0.5) is 0 Å². The van der Waals surface area contributed by atoms with E-state index >= 15 is 0 Å². The molecule has 182 valence electrons. The summed E-state index contributed by atoms with van der Waals surface area (Å²) < 4.78 is 13.4. The molecule has 0 spiro atoms. The fourth-order valence-corrected chi connectivity index (χ4v) is 5.68. The molecule has 0 unspecified atom stereocenters. The largest absolute Gasteiger partial charge is 0.480 e. The molecule has 1 aliphatic rings. The standard InChI is InChI=1S/C29H28BrClO4/c1-17(2)22-15-23(19-9-11-21(31)12-10-19)27(20-7-5-4-6-8-20)35-28(22)24-13-18(3)14-25(30)29(24)34-16-26(32)33/h4-14,22-23,27-28H,1,15-16H2,2-3H3,(H,32,33)/t22-,23-,27+,28+/m1/s1. The minimum absolute atomic E-state index is 0.00322. The zero-order valence-electron chi connectivity index (χ0n) is 19.7. The Bertz CT molecular complexity index is 1210. The normalized spacial score (nSPS) is 21.9. The monoisotopic (exact) mass is 554 g/mol. The molecule has 0 radical (unpaired) electrons. The van der Waals surface area contributed by atoms with Gasteiger partial charge in [-0.3, -0.25) is 0 Å². The molecule has 3 aromatic carbocycles. The average Bonchev–Trinajstić information content (AvgIpc) is 2.83. The summed E-state index contributed by atoms with van der Waals surface area (Å²) in [6, 6.07) is 22.1. The Balaban J connectivity index is 1.82. The summed E-state index contributed by atoms with van der Waals surface area (Å²) in [6.45, 7) is 7.88. The molecule has 0 aliphatic carbocycles. The van der Waals surface area contributed by atoms with Crippen molar-refractivity contribution in [2.75, 3.05) is 6.61 Å². The molecule has 0 aromatic heterocycles. The van der Waals surface area contributed by atoms with Gasteiger partial charge in [0.25, 0.3) is 0 Å². The zero-order valence-corrected chi connectivity index (χ0v) is 22.1. The van der Waals surface area contributed by atoms with Gasteiger partial charge in [-0.2, -0.15) is 0 Å². The predicted molar refractivity (Wildman–Crippen MR) is 142 cm³/mol. The number of aliphatic carboxylic acids is 1. The highest BCUT2D eigenvalue weighted by atomic mass is 79.9. The summed E-state index contributed by atoms with van der Waals surface area (Å²) in [7, 11) is 0. The lowest BCUT2D eigenvalue weighted by Gasteiger charge is -2.43. The van der Waals surface area contributed by atoms with Crippen LogP contribution >= 0.6 is 27.5 Å². The Morgan fingerprint density at radius 2 is 1.80 bits per heavy atom. The van der Waals surface area contributed by atoms with Crippen LogP contribution in [-0.4, -0.2) is 17.7 Å². The molecule has 1 saturated heterocycles. The summed E-state index contributed by atoms with van der Waals surface area (Å²) in [5.41, 5.74) is 5.08. The van der Waals surface area contributed by atoms with Gasteiger partial charge in [-0.25, -0.2) is 4.79 Å². The summed E-state index contributed by atoms with van der Waals surface area (Å²) in [5, 5.41) is 9.93. The number of carbonyl (C=O) groups is 1. The molecule has 35 heavy (non-hydrogen) atoms. The van der Waals surface area contributed by atoms with E-state index in [0.717, 1.165) is 34.2 Å². The Hall–Kier alpha value is -2.60. The predicted octanol–water partition coefficient (Wildman–Crippen LogP) is 8.05. The van der Waals surface area contributed by atoms with Gasteiger partial charge in [-0.15, -0.1) is 0 Å². The second-order valence-corrected chi connectivity index (χ2v) is 10.4. The number of aryl methyl sites for hydroxylation is 1. The van der Waals surface area contributed by atoms with Gasteiger partial charge in [0, 0.05) is 22.4 Å². The van der Waals surface area contributed by atoms with Crippen LogP contribution in [0.2, 0.25) is 5.02 Å². The molecule has 4 rings (SSSR count). The van der Waals surface area contributed by atoms with Gasteiger partial charge >= 0.3 is 5.97 Å². The molecule has 4 nitrogen and oxygen atoms in total. The van der Waals surface area contributed by atoms with E-state index < -0.39 is 12.6 Å². The second kappa shape index (κ2) is 11.0. The third-order valence-electron chi connectivity index (χ3n) is 6.45. The Morgan fingerprint density at radius 3 is 2.43 bits per heavy atom. The minimum atomic E-state index is -1.03. The molecule has 1 heterocycles. The van der Waals surface area contributed by atoms with E-state index in [1.807, 2.05) is 56.3 Å². The zero-order chi connectivity index (χ0) is 25.1. The van der Waals surface area contributed by atoms with Crippen molar-refractivity contribution in [1.82, 2.24) is 0 Å². The van der Waals surface area contributed by atoms with Crippen LogP contribution in [0.3, 0.4) is 0 Å². The van der Waals surface area contributed by atoms with Crippen molar-refractivity contribution in [1.29, 1.82) is 0 Å². The van der Waals surface area contributed by atoms with Crippen LogP contribution < -0.4 is 4.74 Å². The summed E-state index contributed by atoms with van der Waals surface area (Å²) in [6.07, 6.45) is 0.233. The molecular weight excluding hydrogens is 528 g/mol. The maximum atomic E-state index is 11.3. The van der Waals surface area contributed by atoms with E-state index in [4.69, 9.17) is 21.1 Å². The van der Waals surface area contributed by atoms with Crippen molar-refractivity contribution in [2.45, 2.75) is 38.4 Å². The third kappa shape index (κ3) is 5.80. The van der Waals surface area contributed by atoms with E-state index in [1.165, 1.54) is 0 Å². The number of benzene rings is 3. The fraction of sp³-hybridized carbons (Fsp3) is 0.276. The Kier molecular flexibility index (Phi) is 8.00. The SMILES string of the molecule is C=C(C)[C@H]1C[C@H](c2ccc(Cl)cc2)[C@H](c2ccccc2)O[C@@H]1c1cc(C)cc(Br)c1OCC(=O)O. The number of ether oxygens (including phenoxy) is 2. The van der Waals surface area contributed by atoms with Crippen LogP contribution in [0.15, 0.2) is 83.4 Å². The van der Waals surface area contributed by atoms with Crippen molar-refractivity contribution in [3.05, 3.63) is 111 Å². The summed E-state index contributed by atoms with van der Waals surface area (Å²) >= 11 is 9.76. The van der Waals surface area contributed by atoms with Gasteiger partial charge in [0.05, 0.1) is 16.7 Å². The van der Waals surface area contributed by atoms with Crippen LogP contribution in [0.5, 0.6) is 5.75 Å². The van der Waals surface area contributed by atoms with Crippen LogP contribution in [0.1, 0.15) is 53.7 Å². The van der Waals surface area contributed by atoms with E-state index in [-0.39, 0.29) is 24.0 Å². The first kappa shape index (κ1) is 25.5. The molecule has 1 N–H and O–H groups in total. The van der Waals surface area contributed by atoms with Crippen LogP contribution in [0, 0.1) is 12.8 Å². The molecule has 4 atom stereocenters. The second-order valence-electron chi connectivity index (χ2n) is 9.08. The lowest BCUT2D eigenvalue weighted by molar-refractivity contribution is -0.139. The van der Waals surface area contributed by atoms with Crippen molar-refractivity contribution in [3.8, 4) is 5.75 Å². The van der Waals surface area contributed by atoms with Crippen molar-refractivity contribution >= 4 is 33.5 Å². The number of rotatable bonds is 7. The number of halogens is 2. The van der Waals surface area contributed by atoms with Crippen molar-refractivity contribution in [3.63, 3.8) is 0 Å². The van der Waals surface area contributed by atoms with Crippen molar-refractivity contribution in [2.24, 2.45) is 5.92 Å². The van der Waals surface area contributed by atoms with Crippen LogP contribution in [-0.2, 0) is 9.53 Å². The first-order valence-electron chi connectivity index (χ1n) is 11.5. The number of hydrogen-bond donors (Lipinski definition) is 1. The maximum absolute atomic E-state index is 11.3. The van der Waals surface area contributed by atoms with E-state index in [0.29, 0.717) is 15.2 Å². The molecule has 1 aliphatic heterocycles. The lowest BCUT2D eigenvalue weighted by atomic mass is 9.74. The minimum Gasteiger partial charge on any atom is -0.480 e. The maximum Gasteiger partial charge on any atom is 0.341 e. The number of hydrogen-bond acceptors (Lipinski definition) is 3. The van der Waals surface area contributed by atoms with E-state index in [9.17, 15) is 9.90 Å². The quantitative estimate of drug-likeness (QED) is 0.300. The Labute approximate surface area is 219 Å². The Morgan fingerprint density at radius 1 is 1.11 bits per heavy atom. The first-order valence-corrected chi connectivity index (χ1v) is 12.7. The highest BCUT2D eigenvalue weighted by Crippen LogP contribution is 2.54. The van der Waals surface area contributed by atoms with E-state index in [2.05, 4.69) is 46.8 Å². The van der Waals surface area contributed by atoms with Crippen molar-refractivity contribution < 1.29 is 19.4 Å². The van der Waals surface area contributed by atoms with Crippen LogP contribution in [0.25, 0.3) is 0 Å². The first-order chi connectivity index (χ1) is 16.7. The molecular formula is C29H28BrClO4. The van der Waals surface area contributed by atoms with Gasteiger partial charge in [0.2, 0.25) is 0 Å². The average molecular weight is 556 g/mol. The molecule has 0 bridgehead atoms. The lowest BCUT2D eigenvalue weighted by Crippen LogP contribution is -2.32. The molecule has 0 amide bonds. The molecule has 6 heteroatoms. The summed E-state index contributed by atoms with van der Waals surface area (Å²) in [4.78, 5) is 11.3. The summed E-state index contributed by atoms with van der Waals surface area (Å²) in [5.74, 6) is -0.457.